The molecule has 2 rings (SSSR count). The minimum Gasteiger partial charge on any atom is -0.449 e. The van der Waals surface area contributed by atoms with Crippen LogP contribution in [0.25, 0.3) is 0 Å². The Morgan fingerprint density at radius 3 is 2.55 bits per heavy atom. The van der Waals surface area contributed by atoms with Gasteiger partial charge in [-0.2, -0.15) is 4.72 Å². The van der Waals surface area contributed by atoms with Crippen molar-refractivity contribution in [2.45, 2.75) is 24.3 Å². The third-order valence-electron chi connectivity index (χ3n) is 3.95. The zero-order chi connectivity index (χ0) is 21.3. The van der Waals surface area contributed by atoms with Gasteiger partial charge in [-0.1, -0.05) is 42.3 Å². The van der Waals surface area contributed by atoms with E-state index in [1.54, 1.807) is 0 Å². The number of sulfonamides is 1. The molecular weight excluding hydrogens is 392 g/mol. The van der Waals surface area contributed by atoms with E-state index >= 15 is 0 Å². The molecule has 0 aliphatic heterocycles. The number of ether oxygens (including phenoxy) is 1. The Hall–Kier alpha value is -3.15. The number of carbonyl (C=O) groups excluding carboxylic acids is 2. The molecule has 0 aliphatic rings. The molecule has 0 heterocycles. The van der Waals surface area contributed by atoms with Gasteiger partial charge in [-0.25, -0.2) is 13.2 Å². The van der Waals surface area contributed by atoms with Crippen LogP contribution in [-0.2, 0) is 26.0 Å². The van der Waals surface area contributed by atoms with Crippen LogP contribution in [0.5, 0.6) is 0 Å². The van der Waals surface area contributed by atoms with E-state index in [2.05, 4.69) is 16.0 Å². The Kier molecular flexibility index (Phi) is 7.95. The molecule has 8 heteroatoms. The first kappa shape index (κ1) is 22.1. The van der Waals surface area contributed by atoms with Crippen LogP contribution in [0.2, 0.25) is 0 Å². The highest BCUT2D eigenvalue weighted by Crippen LogP contribution is 2.13. The molecule has 0 radical (unpaired) electrons. The van der Waals surface area contributed by atoms with Crippen molar-refractivity contribution < 1.29 is 22.7 Å². The predicted molar refractivity (Wildman–Crippen MR) is 108 cm³/mol. The summed E-state index contributed by atoms with van der Waals surface area (Å²) in [4.78, 5) is 24.3. The van der Waals surface area contributed by atoms with Crippen LogP contribution in [0.3, 0.4) is 0 Å². The fourth-order valence-corrected chi connectivity index (χ4v) is 3.39. The van der Waals surface area contributed by atoms with Crippen molar-refractivity contribution in [1.29, 1.82) is 0 Å². The second kappa shape index (κ2) is 10.4. The first-order valence-corrected chi connectivity index (χ1v) is 10.4. The Labute approximate surface area is 170 Å². The topological polar surface area (TPSA) is 102 Å². The standard InChI is InChI=1S/C21H22N2O5S/c1-3-13-23-29(26,27)19-11-7-10-18(15-19)21(25)28-16(2)20(24)22-14-12-17-8-5-4-6-9-17/h1,4-11,15-16,23H,12-14H2,2H3,(H,22,24). The summed E-state index contributed by atoms with van der Waals surface area (Å²) in [7, 11) is -3.84. The van der Waals surface area contributed by atoms with Gasteiger partial charge in [0.15, 0.2) is 6.10 Å². The summed E-state index contributed by atoms with van der Waals surface area (Å²) in [6.07, 6.45) is 4.67. The van der Waals surface area contributed by atoms with Crippen molar-refractivity contribution in [3.63, 3.8) is 0 Å². The highest BCUT2D eigenvalue weighted by molar-refractivity contribution is 7.89. The van der Waals surface area contributed by atoms with Gasteiger partial charge in [0.05, 0.1) is 17.0 Å². The predicted octanol–water partition coefficient (Wildman–Crippen LogP) is 1.50. The fourth-order valence-electron chi connectivity index (χ4n) is 2.41. The number of amides is 1. The third-order valence-corrected chi connectivity index (χ3v) is 5.35. The lowest BCUT2D eigenvalue weighted by Gasteiger charge is -2.14. The van der Waals surface area contributed by atoms with Gasteiger partial charge in [-0.15, -0.1) is 6.42 Å². The fraction of sp³-hybridized carbons (Fsp3) is 0.238. The molecule has 1 unspecified atom stereocenters. The molecule has 0 fully saturated rings. The molecular formula is C21H22N2O5S. The normalized spacial score (nSPS) is 11.9. The van der Waals surface area contributed by atoms with Crippen LogP contribution < -0.4 is 10.0 Å². The smallest absolute Gasteiger partial charge is 0.338 e. The highest BCUT2D eigenvalue weighted by Gasteiger charge is 2.20. The average Bonchev–Trinajstić information content (AvgIpc) is 2.73. The van der Waals surface area contributed by atoms with Crippen molar-refractivity contribution in [2.75, 3.05) is 13.1 Å². The van der Waals surface area contributed by atoms with E-state index < -0.39 is 28.0 Å². The van der Waals surface area contributed by atoms with Gasteiger partial charge in [0.2, 0.25) is 10.0 Å². The molecule has 0 aromatic heterocycles. The molecule has 152 valence electrons. The van der Waals surface area contributed by atoms with Gasteiger partial charge in [-0.3, -0.25) is 4.79 Å². The summed E-state index contributed by atoms with van der Waals surface area (Å²) < 4.78 is 31.6. The number of benzene rings is 2. The van der Waals surface area contributed by atoms with Gasteiger partial charge >= 0.3 is 5.97 Å². The van der Waals surface area contributed by atoms with Gasteiger partial charge in [0.25, 0.3) is 5.91 Å². The van der Waals surface area contributed by atoms with Crippen LogP contribution in [0.15, 0.2) is 59.5 Å². The lowest BCUT2D eigenvalue weighted by atomic mass is 10.1. The molecule has 0 aliphatic carbocycles. The lowest BCUT2D eigenvalue weighted by molar-refractivity contribution is -0.129. The Morgan fingerprint density at radius 2 is 1.86 bits per heavy atom. The maximum atomic E-state index is 12.3. The maximum absolute atomic E-state index is 12.3. The minimum absolute atomic E-state index is 0.0116. The minimum atomic E-state index is -3.84. The Morgan fingerprint density at radius 1 is 1.14 bits per heavy atom. The molecule has 29 heavy (non-hydrogen) atoms. The molecule has 0 saturated heterocycles. The first-order valence-electron chi connectivity index (χ1n) is 8.89. The summed E-state index contributed by atoms with van der Waals surface area (Å²) in [5.74, 6) is 0.933. The SMILES string of the molecule is C#CCNS(=O)(=O)c1cccc(C(=O)OC(C)C(=O)NCCc2ccccc2)c1. The van der Waals surface area contributed by atoms with Crippen molar-refractivity contribution in [3.8, 4) is 12.3 Å². The second-order valence-electron chi connectivity index (χ2n) is 6.13. The summed E-state index contributed by atoms with van der Waals surface area (Å²) in [6.45, 7) is 1.68. The Balaban J connectivity index is 1.92. The maximum Gasteiger partial charge on any atom is 0.338 e. The Bertz CT molecular complexity index is 997. The summed E-state index contributed by atoms with van der Waals surface area (Å²) >= 11 is 0. The number of nitrogens with one attached hydrogen (secondary N) is 2. The quantitative estimate of drug-likeness (QED) is 0.478. The molecule has 2 aromatic rings. The van der Waals surface area contributed by atoms with Gasteiger partial charge in [0, 0.05) is 6.54 Å². The van der Waals surface area contributed by atoms with Gasteiger partial charge < -0.3 is 10.1 Å². The van der Waals surface area contributed by atoms with Crippen molar-refractivity contribution in [3.05, 3.63) is 65.7 Å². The zero-order valence-electron chi connectivity index (χ0n) is 15.9. The lowest BCUT2D eigenvalue weighted by Crippen LogP contribution is -2.37. The van der Waals surface area contributed by atoms with E-state index in [9.17, 15) is 18.0 Å². The highest BCUT2D eigenvalue weighted by atomic mass is 32.2. The van der Waals surface area contributed by atoms with Crippen LogP contribution in [0.4, 0.5) is 0 Å². The van der Waals surface area contributed by atoms with Crippen LogP contribution in [-0.4, -0.2) is 39.5 Å². The number of rotatable bonds is 9. The molecule has 0 spiro atoms. The zero-order valence-corrected chi connectivity index (χ0v) is 16.7. The van der Waals surface area contributed by atoms with Crippen molar-refractivity contribution >= 4 is 21.9 Å². The molecule has 1 atom stereocenters. The number of esters is 1. The number of hydrogen-bond acceptors (Lipinski definition) is 5. The van der Waals surface area contributed by atoms with E-state index in [-0.39, 0.29) is 17.0 Å². The van der Waals surface area contributed by atoms with Crippen molar-refractivity contribution in [1.82, 2.24) is 10.0 Å². The van der Waals surface area contributed by atoms with Crippen LogP contribution in [0, 0.1) is 12.3 Å². The van der Waals surface area contributed by atoms with Crippen LogP contribution in [0.1, 0.15) is 22.8 Å². The second-order valence-corrected chi connectivity index (χ2v) is 7.90. The largest absolute Gasteiger partial charge is 0.449 e. The van der Waals surface area contributed by atoms with E-state index in [1.165, 1.54) is 31.2 Å². The van der Waals surface area contributed by atoms with Crippen molar-refractivity contribution in [2.24, 2.45) is 0 Å². The monoisotopic (exact) mass is 414 g/mol. The summed E-state index contributed by atoms with van der Waals surface area (Å²) in [6, 6.07) is 15.0. The van der Waals surface area contributed by atoms with E-state index in [0.717, 1.165) is 5.56 Å². The third kappa shape index (κ3) is 6.75. The molecule has 1 amide bonds. The molecule has 0 saturated carbocycles. The average molecular weight is 414 g/mol. The summed E-state index contributed by atoms with van der Waals surface area (Å²) in [5.41, 5.74) is 1.09. The first-order chi connectivity index (χ1) is 13.8. The molecule has 2 aromatic carbocycles. The number of hydrogen-bond donors (Lipinski definition) is 2. The summed E-state index contributed by atoms with van der Waals surface area (Å²) in [5, 5.41) is 2.71. The van der Waals surface area contributed by atoms with E-state index in [0.29, 0.717) is 13.0 Å². The number of terminal acetylenes is 1. The van der Waals surface area contributed by atoms with E-state index in [1.807, 2.05) is 30.3 Å². The molecule has 2 N–H and O–H groups in total. The van der Waals surface area contributed by atoms with Gasteiger partial charge in [-0.05, 0) is 37.1 Å². The molecule has 0 bridgehead atoms. The van der Waals surface area contributed by atoms with Crippen LogP contribution >= 0.6 is 0 Å². The number of carbonyl (C=O) groups is 2. The van der Waals surface area contributed by atoms with Gasteiger partial charge in [0.1, 0.15) is 0 Å². The van der Waals surface area contributed by atoms with E-state index in [4.69, 9.17) is 11.2 Å². The molecule has 7 nitrogen and oxygen atoms in total.